The van der Waals surface area contributed by atoms with E-state index in [-0.39, 0.29) is 11.0 Å². The first-order chi connectivity index (χ1) is 8.58. The number of benzene rings is 1. The van der Waals surface area contributed by atoms with Crippen LogP contribution in [0.1, 0.15) is 10.4 Å². The molecule has 2 N–H and O–H groups in total. The monoisotopic (exact) mass is 328 g/mol. The molecule has 0 radical (unpaired) electrons. The third-order valence-corrected chi connectivity index (χ3v) is 2.91. The Bertz CT molecular complexity index is 477. The van der Waals surface area contributed by atoms with Crippen molar-refractivity contribution in [2.75, 3.05) is 13.7 Å². The topological polar surface area (TPSA) is 50.4 Å². The lowest BCUT2D eigenvalue weighted by Gasteiger charge is -2.09. The molecular weight excluding hydrogens is 316 g/mol. The Hall–Kier alpha value is -1.40. The SMILES string of the molecule is C=CCNC(=S)NC(=O)c1ccc(OC)c(Br)c1. The van der Waals surface area contributed by atoms with Gasteiger partial charge >= 0.3 is 0 Å². The summed E-state index contributed by atoms with van der Waals surface area (Å²) < 4.78 is 5.80. The minimum Gasteiger partial charge on any atom is -0.496 e. The number of hydrogen-bond acceptors (Lipinski definition) is 3. The molecule has 1 rings (SSSR count). The molecule has 96 valence electrons. The number of carbonyl (C=O) groups is 1. The molecule has 0 saturated carbocycles. The number of rotatable bonds is 4. The fourth-order valence-corrected chi connectivity index (χ4v) is 1.91. The van der Waals surface area contributed by atoms with Gasteiger partial charge in [0.25, 0.3) is 5.91 Å². The van der Waals surface area contributed by atoms with Gasteiger partial charge in [-0.25, -0.2) is 0 Å². The maximum atomic E-state index is 11.8. The molecular formula is C12H13BrN2O2S. The minimum atomic E-state index is -0.278. The smallest absolute Gasteiger partial charge is 0.257 e. The predicted molar refractivity (Wildman–Crippen MR) is 79.0 cm³/mol. The molecule has 1 aromatic rings. The zero-order chi connectivity index (χ0) is 13.5. The number of halogens is 1. The van der Waals surface area contributed by atoms with E-state index in [2.05, 4.69) is 33.1 Å². The van der Waals surface area contributed by atoms with Crippen molar-refractivity contribution >= 4 is 39.2 Å². The molecule has 0 aliphatic carbocycles. The van der Waals surface area contributed by atoms with Crippen molar-refractivity contribution in [2.24, 2.45) is 0 Å². The van der Waals surface area contributed by atoms with Crippen LogP contribution in [0.4, 0.5) is 0 Å². The summed E-state index contributed by atoms with van der Waals surface area (Å²) in [4.78, 5) is 11.8. The third kappa shape index (κ3) is 4.12. The van der Waals surface area contributed by atoms with Crippen molar-refractivity contribution in [1.82, 2.24) is 10.6 Å². The Kier molecular flexibility index (Phi) is 5.80. The van der Waals surface area contributed by atoms with E-state index in [9.17, 15) is 4.79 Å². The normalized spacial score (nSPS) is 9.44. The van der Waals surface area contributed by atoms with Crippen molar-refractivity contribution < 1.29 is 9.53 Å². The van der Waals surface area contributed by atoms with Gasteiger partial charge in [0.2, 0.25) is 0 Å². The molecule has 4 nitrogen and oxygen atoms in total. The van der Waals surface area contributed by atoms with E-state index < -0.39 is 0 Å². The van der Waals surface area contributed by atoms with Gasteiger partial charge < -0.3 is 10.1 Å². The summed E-state index contributed by atoms with van der Waals surface area (Å²) in [5, 5.41) is 5.65. The molecule has 0 unspecified atom stereocenters. The Morgan fingerprint density at radius 2 is 2.33 bits per heavy atom. The number of amides is 1. The maximum Gasteiger partial charge on any atom is 0.257 e. The molecule has 18 heavy (non-hydrogen) atoms. The second-order valence-electron chi connectivity index (χ2n) is 3.30. The average molecular weight is 329 g/mol. The molecule has 0 heterocycles. The van der Waals surface area contributed by atoms with E-state index >= 15 is 0 Å². The van der Waals surface area contributed by atoms with Crippen molar-refractivity contribution in [3.8, 4) is 5.75 Å². The van der Waals surface area contributed by atoms with Gasteiger partial charge in [0.05, 0.1) is 11.6 Å². The van der Waals surface area contributed by atoms with Gasteiger partial charge in [-0.05, 0) is 46.3 Å². The summed E-state index contributed by atoms with van der Waals surface area (Å²) in [5.41, 5.74) is 0.491. The average Bonchev–Trinajstić information content (AvgIpc) is 2.36. The van der Waals surface area contributed by atoms with Crippen LogP contribution < -0.4 is 15.4 Å². The van der Waals surface area contributed by atoms with Gasteiger partial charge in [0.1, 0.15) is 5.75 Å². The molecule has 0 aromatic heterocycles. The molecule has 0 bridgehead atoms. The van der Waals surface area contributed by atoms with Gasteiger partial charge in [-0.15, -0.1) is 6.58 Å². The maximum absolute atomic E-state index is 11.8. The second kappa shape index (κ2) is 7.13. The summed E-state index contributed by atoms with van der Waals surface area (Å²) in [6, 6.07) is 5.04. The second-order valence-corrected chi connectivity index (χ2v) is 4.56. The Labute approximate surface area is 120 Å². The fourth-order valence-electron chi connectivity index (χ4n) is 1.19. The van der Waals surface area contributed by atoms with Crippen LogP contribution in [0.5, 0.6) is 5.75 Å². The molecule has 1 amide bonds. The highest BCUT2D eigenvalue weighted by atomic mass is 79.9. The molecule has 0 atom stereocenters. The van der Waals surface area contributed by atoms with Gasteiger partial charge in [-0.1, -0.05) is 6.08 Å². The van der Waals surface area contributed by atoms with Crippen molar-refractivity contribution in [3.05, 3.63) is 40.9 Å². The van der Waals surface area contributed by atoms with Crippen molar-refractivity contribution in [1.29, 1.82) is 0 Å². The van der Waals surface area contributed by atoms with E-state index in [1.807, 2.05) is 0 Å². The standard InChI is InChI=1S/C12H13BrN2O2S/c1-3-6-14-12(18)15-11(16)8-4-5-10(17-2)9(13)7-8/h3-5,7H,1,6H2,2H3,(H2,14,15,16,18). The molecule has 6 heteroatoms. The number of thiocarbonyl (C=S) groups is 1. The van der Waals surface area contributed by atoms with Crippen LogP contribution in [0.2, 0.25) is 0 Å². The summed E-state index contributed by atoms with van der Waals surface area (Å²) in [7, 11) is 1.56. The molecule has 0 aliphatic heterocycles. The highest BCUT2D eigenvalue weighted by Crippen LogP contribution is 2.25. The first kappa shape index (κ1) is 14.7. The molecule has 0 fully saturated rings. The summed E-state index contributed by atoms with van der Waals surface area (Å²) in [6.07, 6.45) is 1.66. The van der Waals surface area contributed by atoms with Gasteiger partial charge in [-0.3, -0.25) is 10.1 Å². The van der Waals surface area contributed by atoms with Gasteiger partial charge in [0.15, 0.2) is 5.11 Å². The minimum absolute atomic E-state index is 0.270. The Morgan fingerprint density at radius 1 is 1.61 bits per heavy atom. The highest BCUT2D eigenvalue weighted by molar-refractivity contribution is 9.10. The van der Waals surface area contributed by atoms with E-state index in [4.69, 9.17) is 17.0 Å². The van der Waals surface area contributed by atoms with E-state index in [1.54, 1.807) is 31.4 Å². The predicted octanol–water partition coefficient (Wildman–Crippen LogP) is 2.25. The number of ether oxygens (including phenoxy) is 1. The van der Waals surface area contributed by atoms with Crippen LogP contribution in [0.25, 0.3) is 0 Å². The molecule has 0 saturated heterocycles. The number of nitrogens with one attached hydrogen (secondary N) is 2. The van der Waals surface area contributed by atoms with Crippen LogP contribution in [0.3, 0.4) is 0 Å². The van der Waals surface area contributed by atoms with Crippen LogP contribution in [-0.4, -0.2) is 24.7 Å². The van der Waals surface area contributed by atoms with Crippen LogP contribution in [0, 0.1) is 0 Å². The molecule has 0 aliphatic rings. The summed E-state index contributed by atoms with van der Waals surface area (Å²) >= 11 is 8.27. The van der Waals surface area contributed by atoms with Crippen molar-refractivity contribution in [3.63, 3.8) is 0 Å². The zero-order valence-corrected chi connectivity index (χ0v) is 12.2. The first-order valence-corrected chi connectivity index (χ1v) is 6.32. The van der Waals surface area contributed by atoms with Crippen molar-refractivity contribution in [2.45, 2.75) is 0 Å². The largest absolute Gasteiger partial charge is 0.496 e. The zero-order valence-electron chi connectivity index (χ0n) is 9.83. The van der Waals surface area contributed by atoms with Crippen LogP contribution >= 0.6 is 28.1 Å². The van der Waals surface area contributed by atoms with E-state index in [0.717, 1.165) is 0 Å². The lowest BCUT2D eigenvalue weighted by atomic mass is 10.2. The first-order valence-electron chi connectivity index (χ1n) is 5.12. The highest BCUT2D eigenvalue weighted by Gasteiger charge is 2.09. The quantitative estimate of drug-likeness (QED) is 0.657. The third-order valence-electron chi connectivity index (χ3n) is 2.05. The molecule has 1 aromatic carbocycles. The van der Waals surface area contributed by atoms with Crippen LogP contribution in [-0.2, 0) is 0 Å². The van der Waals surface area contributed by atoms with E-state index in [1.165, 1.54) is 0 Å². The Balaban J connectivity index is 2.69. The van der Waals surface area contributed by atoms with Gasteiger partial charge in [-0.2, -0.15) is 0 Å². The van der Waals surface area contributed by atoms with Crippen LogP contribution in [0.15, 0.2) is 35.3 Å². The summed E-state index contributed by atoms with van der Waals surface area (Å²) in [6.45, 7) is 4.05. The number of hydrogen-bond donors (Lipinski definition) is 2. The lowest BCUT2D eigenvalue weighted by Crippen LogP contribution is -2.39. The Morgan fingerprint density at radius 3 is 2.89 bits per heavy atom. The summed E-state index contributed by atoms with van der Waals surface area (Å²) in [5.74, 6) is 0.388. The fraction of sp³-hybridized carbons (Fsp3) is 0.167. The number of carbonyl (C=O) groups excluding carboxylic acids is 1. The molecule has 0 spiro atoms. The number of methoxy groups -OCH3 is 1. The lowest BCUT2D eigenvalue weighted by molar-refractivity contribution is 0.0976. The van der Waals surface area contributed by atoms with E-state index in [0.29, 0.717) is 22.3 Å². The van der Waals surface area contributed by atoms with Gasteiger partial charge in [0, 0.05) is 12.1 Å².